The molecule has 0 saturated carbocycles. The van der Waals surface area contributed by atoms with Crippen LogP contribution in [0.4, 0.5) is 0 Å². The number of rotatable bonds is 6. The number of methoxy groups -OCH3 is 1. The second-order valence-corrected chi connectivity index (χ2v) is 6.86. The second-order valence-electron chi connectivity index (χ2n) is 6.86. The Kier molecular flexibility index (Phi) is 6.27. The summed E-state index contributed by atoms with van der Waals surface area (Å²) in [6.45, 7) is 12.4. The smallest absolute Gasteiger partial charge is 0.0630 e. The summed E-state index contributed by atoms with van der Waals surface area (Å²) in [5.74, 6) is 0. The average molecular weight is 283 g/mol. The van der Waals surface area contributed by atoms with Gasteiger partial charge in [-0.05, 0) is 26.3 Å². The van der Waals surface area contributed by atoms with E-state index < -0.39 is 0 Å². The summed E-state index contributed by atoms with van der Waals surface area (Å²) >= 11 is 0. The van der Waals surface area contributed by atoms with E-state index in [1.165, 1.54) is 38.9 Å². The minimum absolute atomic E-state index is 0.501. The normalized spacial score (nSPS) is 30.4. The van der Waals surface area contributed by atoms with Gasteiger partial charge < -0.3 is 10.1 Å². The highest BCUT2D eigenvalue weighted by Crippen LogP contribution is 2.25. The molecule has 20 heavy (non-hydrogen) atoms. The zero-order valence-electron chi connectivity index (χ0n) is 13.8. The molecule has 2 saturated heterocycles. The molecule has 0 aromatic rings. The van der Waals surface area contributed by atoms with Crippen molar-refractivity contribution in [2.75, 3.05) is 39.9 Å². The predicted molar refractivity (Wildman–Crippen MR) is 84.2 cm³/mol. The molecule has 1 N–H and O–H groups in total. The van der Waals surface area contributed by atoms with E-state index in [0.29, 0.717) is 18.1 Å². The van der Waals surface area contributed by atoms with E-state index in [1.807, 2.05) is 7.11 Å². The van der Waals surface area contributed by atoms with Crippen LogP contribution in [0.25, 0.3) is 0 Å². The molecule has 4 nitrogen and oxygen atoms in total. The lowest BCUT2D eigenvalue weighted by atomic mass is 9.96. The number of hydrogen-bond acceptors (Lipinski definition) is 4. The Morgan fingerprint density at radius 2 is 2.05 bits per heavy atom. The lowest BCUT2D eigenvalue weighted by Gasteiger charge is -2.50. The number of nitrogens with one attached hydrogen (secondary N) is 1. The van der Waals surface area contributed by atoms with Crippen molar-refractivity contribution in [2.24, 2.45) is 0 Å². The quantitative estimate of drug-likeness (QED) is 0.800. The van der Waals surface area contributed by atoms with Crippen LogP contribution in [-0.4, -0.2) is 73.9 Å². The molecule has 3 unspecified atom stereocenters. The fourth-order valence-electron chi connectivity index (χ4n) is 3.72. The van der Waals surface area contributed by atoms with E-state index in [2.05, 4.69) is 35.9 Å². The fourth-order valence-corrected chi connectivity index (χ4v) is 3.72. The minimum atomic E-state index is 0.501. The van der Waals surface area contributed by atoms with Crippen LogP contribution in [0.15, 0.2) is 0 Å². The Morgan fingerprint density at radius 1 is 1.25 bits per heavy atom. The summed E-state index contributed by atoms with van der Waals surface area (Å²) in [5, 5.41) is 3.58. The molecule has 0 aromatic heterocycles. The van der Waals surface area contributed by atoms with Crippen molar-refractivity contribution in [3.05, 3.63) is 0 Å². The predicted octanol–water partition coefficient (Wildman–Crippen LogP) is 1.56. The molecule has 0 aliphatic carbocycles. The van der Waals surface area contributed by atoms with Gasteiger partial charge in [0.25, 0.3) is 0 Å². The zero-order chi connectivity index (χ0) is 14.5. The van der Waals surface area contributed by atoms with E-state index in [0.717, 1.165) is 19.2 Å². The lowest BCUT2D eigenvalue weighted by Crippen LogP contribution is -2.63. The van der Waals surface area contributed by atoms with Gasteiger partial charge in [-0.15, -0.1) is 0 Å². The molecule has 0 aromatic carbocycles. The number of fused-ring (bicyclic) bond motifs is 1. The number of nitrogens with zero attached hydrogens (tertiary/aromatic N) is 2. The van der Waals surface area contributed by atoms with Gasteiger partial charge >= 0.3 is 0 Å². The standard InChI is InChI=1S/C16H33N3O/c1-13(2)17-9-16(12-20-4)19-11-15-7-5-6-8-18(15)10-14(19)3/h13-17H,5-12H2,1-4H3. The van der Waals surface area contributed by atoms with Crippen LogP contribution in [0.5, 0.6) is 0 Å². The van der Waals surface area contributed by atoms with Gasteiger partial charge in [0.1, 0.15) is 0 Å². The Morgan fingerprint density at radius 3 is 2.75 bits per heavy atom. The van der Waals surface area contributed by atoms with Crippen molar-refractivity contribution in [3.63, 3.8) is 0 Å². The number of piperidine rings is 1. The molecular formula is C16H33N3O. The molecule has 0 radical (unpaired) electrons. The summed E-state index contributed by atoms with van der Waals surface area (Å²) < 4.78 is 5.48. The first-order valence-electron chi connectivity index (χ1n) is 8.34. The van der Waals surface area contributed by atoms with Crippen LogP contribution in [0.3, 0.4) is 0 Å². The first-order valence-corrected chi connectivity index (χ1v) is 8.34. The van der Waals surface area contributed by atoms with E-state index >= 15 is 0 Å². The lowest BCUT2D eigenvalue weighted by molar-refractivity contribution is -0.0259. The highest BCUT2D eigenvalue weighted by molar-refractivity contribution is 4.92. The number of piperazine rings is 1. The molecule has 4 heteroatoms. The van der Waals surface area contributed by atoms with Gasteiger partial charge in [-0.25, -0.2) is 0 Å². The summed E-state index contributed by atoms with van der Waals surface area (Å²) in [4.78, 5) is 5.40. The minimum Gasteiger partial charge on any atom is -0.383 e. The third kappa shape index (κ3) is 4.17. The number of hydrogen-bond donors (Lipinski definition) is 1. The monoisotopic (exact) mass is 283 g/mol. The van der Waals surface area contributed by atoms with Crippen molar-refractivity contribution in [1.29, 1.82) is 0 Å². The van der Waals surface area contributed by atoms with E-state index in [-0.39, 0.29) is 0 Å². The number of ether oxygens (including phenoxy) is 1. The van der Waals surface area contributed by atoms with Gasteiger partial charge in [0.2, 0.25) is 0 Å². The average Bonchev–Trinajstić information content (AvgIpc) is 2.42. The molecule has 2 aliphatic heterocycles. The van der Waals surface area contributed by atoms with Crippen molar-refractivity contribution < 1.29 is 4.74 Å². The van der Waals surface area contributed by atoms with Crippen molar-refractivity contribution >= 4 is 0 Å². The molecule has 0 spiro atoms. The highest BCUT2D eigenvalue weighted by atomic mass is 16.5. The molecule has 2 aliphatic rings. The van der Waals surface area contributed by atoms with Crippen LogP contribution in [0.2, 0.25) is 0 Å². The van der Waals surface area contributed by atoms with Crippen LogP contribution in [-0.2, 0) is 4.74 Å². The van der Waals surface area contributed by atoms with E-state index in [1.54, 1.807) is 0 Å². The molecule has 2 rings (SSSR count). The van der Waals surface area contributed by atoms with Gasteiger partial charge in [0.15, 0.2) is 0 Å². The Balaban J connectivity index is 1.95. The zero-order valence-corrected chi connectivity index (χ0v) is 13.8. The molecule has 0 amide bonds. The molecule has 118 valence electrons. The molecule has 0 bridgehead atoms. The summed E-state index contributed by atoms with van der Waals surface area (Å²) in [5.41, 5.74) is 0. The van der Waals surface area contributed by atoms with E-state index in [4.69, 9.17) is 4.74 Å². The highest BCUT2D eigenvalue weighted by Gasteiger charge is 2.35. The maximum atomic E-state index is 5.48. The Labute approximate surface area is 124 Å². The fraction of sp³-hybridized carbons (Fsp3) is 1.00. The van der Waals surface area contributed by atoms with Crippen LogP contribution < -0.4 is 5.32 Å². The van der Waals surface area contributed by atoms with Crippen molar-refractivity contribution in [2.45, 2.75) is 64.2 Å². The topological polar surface area (TPSA) is 27.7 Å². The van der Waals surface area contributed by atoms with Gasteiger partial charge in [-0.3, -0.25) is 9.80 Å². The Bertz CT molecular complexity index is 285. The summed E-state index contributed by atoms with van der Waals surface area (Å²) in [7, 11) is 1.82. The molecule has 3 atom stereocenters. The molecule has 2 fully saturated rings. The SMILES string of the molecule is COCC(CNC(C)C)N1CC2CCCCN2CC1C. The van der Waals surface area contributed by atoms with Gasteiger partial charge in [-0.1, -0.05) is 20.3 Å². The Hall–Kier alpha value is -0.160. The van der Waals surface area contributed by atoms with Crippen LogP contribution in [0.1, 0.15) is 40.0 Å². The van der Waals surface area contributed by atoms with Crippen molar-refractivity contribution in [3.8, 4) is 0 Å². The second kappa shape index (κ2) is 7.74. The maximum Gasteiger partial charge on any atom is 0.0630 e. The van der Waals surface area contributed by atoms with Gasteiger partial charge in [-0.2, -0.15) is 0 Å². The third-order valence-electron chi connectivity index (χ3n) is 4.83. The third-order valence-corrected chi connectivity index (χ3v) is 4.83. The molecular weight excluding hydrogens is 250 g/mol. The van der Waals surface area contributed by atoms with Gasteiger partial charge in [0, 0.05) is 50.9 Å². The first-order chi connectivity index (χ1) is 9.61. The van der Waals surface area contributed by atoms with E-state index in [9.17, 15) is 0 Å². The summed E-state index contributed by atoms with van der Waals surface area (Å²) in [6, 6.07) is 2.46. The summed E-state index contributed by atoms with van der Waals surface area (Å²) in [6.07, 6.45) is 4.17. The van der Waals surface area contributed by atoms with Gasteiger partial charge in [0.05, 0.1) is 6.61 Å². The maximum absolute atomic E-state index is 5.48. The van der Waals surface area contributed by atoms with Crippen LogP contribution >= 0.6 is 0 Å². The van der Waals surface area contributed by atoms with Crippen LogP contribution in [0, 0.1) is 0 Å². The molecule has 2 heterocycles. The largest absolute Gasteiger partial charge is 0.383 e. The van der Waals surface area contributed by atoms with Crippen molar-refractivity contribution in [1.82, 2.24) is 15.1 Å². The first kappa shape index (κ1) is 16.2.